The highest BCUT2D eigenvalue weighted by atomic mass is 16.5. The third-order valence-corrected chi connectivity index (χ3v) is 3.81. The Morgan fingerprint density at radius 2 is 1.46 bits per heavy atom. The number of ether oxygens (including phenoxy) is 3. The predicted molar refractivity (Wildman–Crippen MR) is 99.3 cm³/mol. The Morgan fingerprint density at radius 3 is 2.00 bits per heavy atom. The SMILES string of the molecule is C=CCc1cc(OC)cc(-c2cc(CC=C)cc(OC)c2OC)c1. The minimum absolute atomic E-state index is 0.708. The fourth-order valence-electron chi connectivity index (χ4n) is 2.74. The lowest BCUT2D eigenvalue weighted by Gasteiger charge is -2.16. The van der Waals surface area contributed by atoms with Crippen molar-refractivity contribution in [1.29, 1.82) is 0 Å². The third-order valence-electron chi connectivity index (χ3n) is 3.81. The summed E-state index contributed by atoms with van der Waals surface area (Å²) in [6.07, 6.45) is 5.29. The second-order valence-corrected chi connectivity index (χ2v) is 5.43. The molecular formula is C21H24O3. The number of benzene rings is 2. The molecule has 0 heterocycles. The van der Waals surface area contributed by atoms with Crippen molar-refractivity contribution in [2.75, 3.05) is 21.3 Å². The Hall–Kier alpha value is -2.68. The molecule has 0 amide bonds. The van der Waals surface area contributed by atoms with Gasteiger partial charge in [0.2, 0.25) is 0 Å². The summed E-state index contributed by atoms with van der Waals surface area (Å²) < 4.78 is 16.6. The topological polar surface area (TPSA) is 27.7 Å². The van der Waals surface area contributed by atoms with Gasteiger partial charge in [-0.3, -0.25) is 0 Å². The van der Waals surface area contributed by atoms with Gasteiger partial charge in [-0.15, -0.1) is 13.2 Å². The van der Waals surface area contributed by atoms with Gasteiger partial charge < -0.3 is 14.2 Å². The first kappa shape index (κ1) is 17.7. The normalized spacial score (nSPS) is 10.1. The van der Waals surface area contributed by atoms with E-state index in [-0.39, 0.29) is 0 Å². The van der Waals surface area contributed by atoms with Gasteiger partial charge in [-0.25, -0.2) is 0 Å². The van der Waals surface area contributed by atoms with Gasteiger partial charge in [0.05, 0.1) is 21.3 Å². The van der Waals surface area contributed by atoms with Crippen LogP contribution in [0.1, 0.15) is 11.1 Å². The highest BCUT2D eigenvalue weighted by molar-refractivity contribution is 5.76. The van der Waals surface area contributed by atoms with Crippen LogP contribution in [-0.2, 0) is 12.8 Å². The lowest BCUT2D eigenvalue weighted by atomic mass is 9.97. The molecule has 0 spiro atoms. The molecule has 2 aromatic carbocycles. The second-order valence-electron chi connectivity index (χ2n) is 5.43. The fourth-order valence-corrected chi connectivity index (χ4v) is 2.74. The minimum Gasteiger partial charge on any atom is -0.497 e. The quantitative estimate of drug-likeness (QED) is 0.651. The summed E-state index contributed by atoms with van der Waals surface area (Å²) in [5.41, 5.74) is 4.24. The summed E-state index contributed by atoms with van der Waals surface area (Å²) in [5, 5.41) is 0. The Morgan fingerprint density at radius 1 is 0.792 bits per heavy atom. The van der Waals surface area contributed by atoms with Crippen molar-refractivity contribution < 1.29 is 14.2 Å². The summed E-state index contributed by atoms with van der Waals surface area (Å²) in [7, 11) is 4.97. The van der Waals surface area contributed by atoms with Crippen LogP contribution in [0.4, 0.5) is 0 Å². The maximum atomic E-state index is 5.62. The zero-order chi connectivity index (χ0) is 17.5. The molecule has 0 radical (unpaired) electrons. The molecule has 0 aliphatic carbocycles. The van der Waals surface area contributed by atoms with Gasteiger partial charge in [0, 0.05) is 5.56 Å². The van der Waals surface area contributed by atoms with Crippen molar-refractivity contribution in [3.63, 3.8) is 0 Å². The lowest BCUT2D eigenvalue weighted by Crippen LogP contribution is -1.97. The van der Waals surface area contributed by atoms with E-state index in [4.69, 9.17) is 14.2 Å². The van der Waals surface area contributed by atoms with Crippen LogP contribution >= 0.6 is 0 Å². The van der Waals surface area contributed by atoms with Crippen LogP contribution in [0.3, 0.4) is 0 Å². The molecule has 0 aliphatic heterocycles. The summed E-state index contributed by atoms with van der Waals surface area (Å²) in [6, 6.07) is 10.2. The first-order valence-corrected chi connectivity index (χ1v) is 7.81. The van der Waals surface area contributed by atoms with Crippen LogP contribution in [0.5, 0.6) is 17.2 Å². The van der Waals surface area contributed by atoms with Crippen LogP contribution in [-0.4, -0.2) is 21.3 Å². The Bertz CT molecular complexity index is 732. The minimum atomic E-state index is 0.708. The highest BCUT2D eigenvalue weighted by Crippen LogP contribution is 2.40. The van der Waals surface area contributed by atoms with E-state index in [1.54, 1.807) is 21.3 Å². The molecule has 0 aromatic heterocycles. The van der Waals surface area contributed by atoms with E-state index in [1.807, 2.05) is 30.4 Å². The van der Waals surface area contributed by atoms with Gasteiger partial charge in [0.25, 0.3) is 0 Å². The van der Waals surface area contributed by atoms with Crippen molar-refractivity contribution >= 4 is 0 Å². The predicted octanol–water partition coefficient (Wildman–Crippen LogP) is 4.84. The maximum absolute atomic E-state index is 5.62. The van der Waals surface area contributed by atoms with Gasteiger partial charge in [-0.1, -0.05) is 18.2 Å². The van der Waals surface area contributed by atoms with Gasteiger partial charge in [0.1, 0.15) is 5.75 Å². The largest absolute Gasteiger partial charge is 0.497 e. The lowest BCUT2D eigenvalue weighted by molar-refractivity contribution is 0.356. The summed E-state index contributed by atoms with van der Waals surface area (Å²) in [4.78, 5) is 0. The molecule has 0 N–H and O–H groups in total. The van der Waals surface area contributed by atoms with Crippen LogP contribution < -0.4 is 14.2 Å². The first-order chi connectivity index (χ1) is 11.7. The molecule has 126 valence electrons. The Balaban J connectivity index is 2.68. The van der Waals surface area contributed by atoms with Crippen molar-refractivity contribution in [1.82, 2.24) is 0 Å². The molecule has 0 aliphatic rings. The van der Waals surface area contributed by atoms with Crippen molar-refractivity contribution in [2.24, 2.45) is 0 Å². The Labute approximate surface area is 144 Å². The zero-order valence-corrected chi connectivity index (χ0v) is 14.6. The Kier molecular flexibility index (Phi) is 6.07. The standard InChI is InChI=1S/C21H24O3/c1-6-8-15-10-17(14-18(11-15)22-3)19-12-16(9-7-2)13-20(23-4)21(19)24-5/h6-7,10-14H,1-2,8-9H2,3-5H3. The smallest absolute Gasteiger partial charge is 0.168 e. The number of allylic oxidation sites excluding steroid dienone is 2. The van der Waals surface area contributed by atoms with Crippen molar-refractivity contribution in [3.05, 3.63) is 66.8 Å². The van der Waals surface area contributed by atoms with E-state index >= 15 is 0 Å². The second kappa shape index (κ2) is 8.25. The molecule has 24 heavy (non-hydrogen) atoms. The average Bonchev–Trinajstić information content (AvgIpc) is 2.61. The van der Waals surface area contributed by atoms with Crippen LogP contribution in [0.15, 0.2) is 55.6 Å². The van der Waals surface area contributed by atoms with E-state index in [2.05, 4.69) is 25.3 Å². The van der Waals surface area contributed by atoms with Crippen LogP contribution in [0, 0.1) is 0 Å². The summed E-state index contributed by atoms with van der Waals surface area (Å²) in [6.45, 7) is 7.64. The monoisotopic (exact) mass is 324 g/mol. The van der Waals surface area contributed by atoms with Gasteiger partial charge in [-0.05, 0) is 53.8 Å². The van der Waals surface area contributed by atoms with E-state index < -0.39 is 0 Å². The number of rotatable bonds is 8. The molecular weight excluding hydrogens is 300 g/mol. The zero-order valence-electron chi connectivity index (χ0n) is 14.6. The molecule has 2 rings (SSSR count). The molecule has 2 aromatic rings. The molecule has 0 unspecified atom stereocenters. The van der Waals surface area contributed by atoms with Gasteiger partial charge in [-0.2, -0.15) is 0 Å². The highest BCUT2D eigenvalue weighted by Gasteiger charge is 2.15. The third kappa shape index (κ3) is 3.80. The van der Waals surface area contributed by atoms with E-state index in [0.29, 0.717) is 11.5 Å². The molecule has 0 bridgehead atoms. The number of hydrogen-bond donors (Lipinski definition) is 0. The van der Waals surface area contributed by atoms with E-state index in [0.717, 1.165) is 40.8 Å². The maximum Gasteiger partial charge on any atom is 0.168 e. The van der Waals surface area contributed by atoms with Gasteiger partial charge >= 0.3 is 0 Å². The molecule has 0 atom stereocenters. The fraction of sp³-hybridized carbons (Fsp3) is 0.238. The van der Waals surface area contributed by atoms with E-state index in [9.17, 15) is 0 Å². The van der Waals surface area contributed by atoms with Gasteiger partial charge in [0.15, 0.2) is 11.5 Å². The van der Waals surface area contributed by atoms with E-state index in [1.165, 1.54) is 0 Å². The van der Waals surface area contributed by atoms with Crippen molar-refractivity contribution in [2.45, 2.75) is 12.8 Å². The summed E-state index contributed by atoms with van der Waals surface area (Å²) >= 11 is 0. The van der Waals surface area contributed by atoms with Crippen molar-refractivity contribution in [3.8, 4) is 28.4 Å². The van der Waals surface area contributed by atoms with Crippen LogP contribution in [0.2, 0.25) is 0 Å². The number of hydrogen-bond acceptors (Lipinski definition) is 3. The first-order valence-electron chi connectivity index (χ1n) is 7.81. The molecule has 0 saturated heterocycles. The molecule has 3 nitrogen and oxygen atoms in total. The number of methoxy groups -OCH3 is 3. The molecule has 3 heteroatoms. The summed E-state index contributed by atoms with van der Waals surface area (Å²) in [5.74, 6) is 2.22. The van der Waals surface area contributed by atoms with Crippen LogP contribution in [0.25, 0.3) is 11.1 Å². The molecule has 0 saturated carbocycles. The average molecular weight is 324 g/mol. The molecule has 0 fully saturated rings.